The third-order valence-corrected chi connectivity index (χ3v) is 4.43. The monoisotopic (exact) mass is 327 g/mol. The van der Waals surface area contributed by atoms with Crippen LogP contribution >= 0.6 is 11.8 Å². The summed E-state index contributed by atoms with van der Waals surface area (Å²) < 4.78 is 0. The Balaban J connectivity index is 2.10. The lowest BCUT2D eigenvalue weighted by atomic mass is 10.1. The highest BCUT2D eigenvalue weighted by atomic mass is 32.2. The first kappa shape index (κ1) is 15.6. The van der Waals surface area contributed by atoms with Gasteiger partial charge in [-0.3, -0.25) is 14.5 Å². The molecule has 1 aliphatic heterocycles. The maximum absolute atomic E-state index is 13.0. The Bertz CT molecular complexity index is 721. The van der Waals surface area contributed by atoms with Gasteiger partial charge in [-0.1, -0.05) is 30.3 Å². The molecule has 118 valence electrons. The summed E-state index contributed by atoms with van der Waals surface area (Å²) in [7, 11) is 0. The van der Waals surface area contributed by atoms with Crippen molar-refractivity contribution < 1.29 is 9.59 Å². The average Bonchev–Trinajstić information content (AvgIpc) is 2.69. The fraction of sp³-hybridized carbons (Fsp3) is 0.176. The molecule has 2 aromatic rings. The third-order valence-electron chi connectivity index (χ3n) is 3.63. The van der Waals surface area contributed by atoms with E-state index in [-0.39, 0.29) is 11.8 Å². The lowest BCUT2D eigenvalue weighted by Gasteiger charge is -2.25. The highest BCUT2D eigenvalue weighted by Gasteiger charge is 2.34. The minimum absolute atomic E-state index is 0.157. The Morgan fingerprint density at radius 2 is 1.74 bits per heavy atom. The minimum Gasteiger partial charge on any atom is -0.339 e. The number of thioether (sulfide) groups is 1. The molecular formula is C17H17N3O2S. The van der Waals surface area contributed by atoms with Gasteiger partial charge in [0, 0.05) is 17.3 Å². The Hall–Kier alpha value is -2.31. The number of amides is 2. The van der Waals surface area contributed by atoms with Gasteiger partial charge in [0.2, 0.25) is 0 Å². The van der Waals surface area contributed by atoms with E-state index >= 15 is 0 Å². The zero-order valence-corrected chi connectivity index (χ0v) is 13.3. The summed E-state index contributed by atoms with van der Waals surface area (Å²) in [6.45, 7) is 0. The number of nitrogens with two attached hydrogens (primary N) is 1. The lowest BCUT2D eigenvalue weighted by molar-refractivity contribution is -0.119. The van der Waals surface area contributed by atoms with Crippen molar-refractivity contribution in [1.82, 2.24) is 5.32 Å². The number of carbonyl (C=O) groups excluding carboxylic acids is 2. The average molecular weight is 327 g/mol. The minimum atomic E-state index is -0.608. The fourth-order valence-corrected chi connectivity index (χ4v) is 3.17. The quantitative estimate of drug-likeness (QED) is 0.844. The van der Waals surface area contributed by atoms with Gasteiger partial charge in [-0.25, -0.2) is 0 Å². The maximum atomic E-state index is 13.0. The predicted molar refractivity (Wildman–Crippen MR) is 92.8 cm³/mol. The van der Waals surface area contributed by atoms with E-state index in [4.69, 9.17) is 5.73 Å². The molecule has 0 spiro atoms. The second-order valence-corrected chi connectivity index (χ2v) is 6.16. The SMILES string of the molecule is NCSCC1NC(=O)c2ccccc2N(c2ccccc2)C1=O. The molecule has 0 radical (unpaired) electrons. The number of nitrogens with zero attached hydrogens (tertiary/aromatic N) is 1. The molecule has 1 aliphatic rings. The molecule has 1 heterocycles. The Morgan fingerprint density at radius 1 is 1.04 bits per heavy atom. The van der Waals surface area contributed by atoms with E-state index < -0.39 is 6.04 Å². The Kier molecular flexibility index (Phi) is 4.64. The van der Waals surface area contributed by atoms with Crippen molar-refractivity contribution in [3.8, 4) is 0 Å². The van der Waals surface area contributed by atoms with Crippen molar-refractivity contribution in [2.45, 2.75) is 6.04 Å². The van der Waals surface area contributed by atoms with Crippen molar-refractivity contribution in [3.05, 3.63) is 60.2 Å². The normalized spacial score (nSPS) is 17.4. The molecule has 0 fully saturated rings. The first-order chi connectivity index (χ1) is 11.2. The first-order valence-electron chi connectivity index (χ1n) is 7.29. The molecule has 3 N–H and O–H groups in total. The zero-order chi connectivity index (χ0) is 16.2. The summed E-state index contributed by atoms with van der Waals surface area (Å²) in [4.78, 5) is 27.1. The number of anilines is 2. The van der Waals surface area contributed by atoms with Crippen LogP contribution in [0.15, 0.2) is 54.6 Å². The second kappa shape index (κ2) is 6.85. The van der Waals surface area contributed by atoms with E-state index in [1.165, 1.54) is 11.8 Å². The van der Waals surface area contributed by atoms with Crippen molar-refractivity contribution >= 4 is 35.0 Å². The van der Waals surface area contributed by atoms with Gasteiger partial charge in [-0.2, -0.15) is 0 Å². The van der Waals surface area contributed by atoms with Gasteiger partial charge >= 0.3 is 0 Å². The van der Waals surface area contributed by atoms with Crippen LogP contribution in [0.25, 0.3) is 0 Å². The van der Waals surface area contributed by atoms with Crippen LogP contribution in [0.3, 0.4) is 0 Å². The molecule has 3 rings (SSSR count). The van der Waals surface area contributed by atoms with E-state index in [1.54, 1.807) is 23.1 Å². The van der Waals surface area contributed by atoms with Crippen LogP contribution in [0.1, 0.15) is 10.4 Å². The van der Waals surface area contributed by atoms with Crippen LogP contribution in [-0.2, 0) is 4.79 Å². The molecule has 5 nitrogen and oxygen atoms in total. The van der Waals surface area contributed by atoms with Crippen molar-refractivity contribution in [3.63, 3.8) is 0 Å². The molecule has 1 unspecified atom stereocenters. The van der Waals surface area contributed by atoms with Crippen LogP contribution < -0.4 is 16.0 Å². The molecule has 0 bridgehead atoms. The van der Waals surface area contributed by atoms with Crippen LogP contribution in [0, 0.1) is 0 Å². The highest BCUT2D eigenvalue weighted by molar-refractivity contribution is 7.99. The van der Waals surface area contributed by atoms with Crippen LogP contribution in [-0.4, -0.2) is 29.5 Å². The topological polar surface area (TPSA) is 75.4 Å². The standard InChI is InChI=1S/C17H17N3O2S/c18-11-23-10-14-17(22)20(12-6-2-1-3-7-12)15-9-5-4-8-13(15)16(21)19-14/h1-9,14H,10-11,18H2,(H,19,21). The maximum Gasteiger partial charge on any atom is 0.255 e. The summed E-state index contributed by atoms with van der Waals surface area (Å²) in [6.07, 6.45) is 0. The van der Waals surface area contributed by atoms with Crippen LogP contribution in [0.2, 0.25) is 0 Å². The lowest BCUT2D eigenvalue weighted by Crippen LogP contribution is -2.46. The van der Waals surface area contributed by atoms with E-state index in [1.807, 2.05) is 36.4 Å². The number of hydrogen-bond donors (Lipinski definition) is 2. The molecule has 0 aliphatic carbocycles. The number of rotatable bonds is 4. The van der Waals surface area contributed by atoms with Crippen molar-refractivity contribution in [2.24, 2.45) is 5.73 Å². The molecule has 0 saturated carbocycles. The van der Waals surface area contributed by atoms with Gasteiger partial charge in [0.25, 0.3) is 11.8 Å². The zero-order valence-electron chi connectivity index (χ0n) is 12.4. The molecule has 1 atom stereocenters. The van der Waals surface area contributed by atoms with E-state index in [0.29, 0.717) is 22.9 Å². The summed E-state index contributed by atoms with van der Waals surface area (Å²) in [5.41, 5.74) is 7.35. The largest absolute Gasteiger partial charge is 0.339 e. The Morgan fingerprint density at radius 3 is 2.48 bits per heavy atom. The number of fused-ring (bicyclic) bond motifs is 1. The van der Waals surface area contributed by atoms with Crippen molar-refractivity contribution in [2.75, 3.05) is 16.5 Å². The van der Waals surface area contributed by atoms with E-state index in [2.05, 4.69) is 5.32 Å². The van der Waals surface area contributed by atoms with Gasteiger partial charge in [-0.05, 0) is 24.3 Å². The number of para-hydroxylation sites is 2. The highest BCUT2D eigenvalue weighted by Crippen LogP contribution is 2.31. The molecule has 2 amide bonds. The predicted octanol–water partition coefficient (Wildman–Crippen LogP) is 2.11. The number of nitrogens with one attached hydrogen (secondary N) is 1. The van der Waals surface area contributed by atoms with Gasteiger partial charge in [0.15, 0.2) is 0 Å². The smallest absolute Gasteiger partial charge is 0.255 e. The molecule has 0 aromatic heterocycles. The summed E-state index contributed by atoms with van der Waals surface area (Å²) in [5, 5.41) is 2.81. The molecular weight excluding hydrogens is 310 g/mol. The van der Waals surface area contributed by atoms with Crippen LogP contribution in [0.4, 0.5) is 11.4 Å². The van der Waals surface area contributed by atoms with Crippen LogP contribution in [0.5, 0.6) is 0 Å². The molecule has 23 heavy (non-hydrogen) atoms. The van der Waals surface area contributed by atoms with Gasteiger partial charge < -0.3 is 11.1 Å². The molecule has 2 aromatic carbocycles. The van der Waals surface area contributed by atoms with Gasteiger partial charge in [0.1, 0.15) is 6.04 Å². The third kappa shape index (κ3) is 3.09. The van der Waals surface area contributed by atoms with Gasteiger partial charge in [0.05, 0.1) is 11.3 Å². The summed E-state index contributed by atoms with van der Waals surface area (Å²) in [5.74, 6) is 0.446. The van der Waals surface area contributed by atoms with Gasteiger partial charge in [-0.15, -0.1) is 11.8 Å². The Labute approximate surface area is 138 Å². The van der Waals surface area contributed by atoms with Crippen molar-refractivity contribution in [1.29, 1.82) is 0 Å². The number of benzene rings is 2. The fourth-order valence-electron chi connectivity index (χ4n) is 2.58. The number of carbonyl (C=O) groups is 2. The number of hydrogen-bond acceptors (Lipinski definition) is 4. The first-order valence-corrected chi connectivity index (χ1v) is 8.44. The van der Waals surface area contributed by atoms with E-state index in [9.17, 15) is 9.59 Å². The second-order valence-electron chi connectivity index (χ2n) is 5.09. The summed E-state index contributed by atoms with van der Waals surface area (Å²) >= 11 is 1.42. The summed E-state index contributed by atoms with van der Waals surface area (Å²) in [6, 6.07) is 15.9. The molecule has 0 saturated heterocycles. The molecule has 6 heteroatoms. The van der Waals surface area contributed by atoms with E-state index in [0.717, 1.165) is 5.69 Å².